The molecule has 3 aromatic heterocycles. The van der Waals surface area contributed by atoms with Crippen LogP contribution in [0.3, 0.4) is 0 Å². The summed E-state index contributed by atoms with van der Waals surface area (Å²) in [6, 6.07) is 11.1. The third kappa shape index (κ3) is 4.06. The minimum atomic E-state index is -0.170. The highest BCUT2D eigenvalue weighted by Gasteiger charge is 2.16. The molecule has 1 aliphatic rings. The molecule has 32 heavy (non-hydrogen) atoms. The number of nitrogens with zero attached hydrogens (tertiary/aromatic N) is 5. The van der Waals surface area contributed by atoms with Crippen molar-refractivity contribution < 1.29 is 9.47 Å². The molecular weight excluding hydrogens is 430 g/mol. The summed E-state index contributed by atoms with van der Waals surface area (Å²) in [5, 5.41) is 0.645. The van der Waals surface area contributed by atoms with Crippen molar-refractivity contribution in [1.29, 1.82) is 0 Å². The molecule has 1 saturated heterocycles. The van der Waals surface area contributed by atoms with Crippen LogP contribution >= 0.6 is 11.6 Å². The number of aryl methyl sites for hydroxylation is 1. The number of morpholine rings is 1. The number of halogens is 1. The van der Waals surface area contributed by atoms with E-state index in [0.717, 1.165) is 30.0 Å². The molecule has 4 aromatic rings. The Bertz CT molecular complexity index is 1310. The van der Waals surface area contributed by atoms with Crippen LogP contribution in [0.25, 0.3) is 16.8 Å². The Balaban J connectivity index is 1.50. The van der Waals surface area contributed by atoms with E-state index in [4.69, 9.17) is 26.1 Å². The van der Waals surface area contributed by atoms with Crippen molar-refractivity contribution in [3.05, 3.63) is 76.2 Å². The van der Waals surface area contributed by atoms with Gasteiger partial charge in [0, 0.05) is 49.3 Å². The zero-order valence-electron chi connectivity index (χ0n) is 17.6. The van der Waals surface area contributed by atoms with E-state index in [0.29, 0.717) is 35.3 Å². The largest absolute Gasteiger partial charge is 0.487 e. The zero-order chi connectivity index (χ0) is 22.1. The molecule has 0 amide bonds. The quantitative estimate of drug-likeness (QED) is 0.464. The third-order valence-electron chi connectivity index (χ3n) is 5.42. The second-order valence-electron chi connectivity index (χ2n) is 7.61. The SMILES string of the molecule is Cn1cc(-c2ccnc(N3CCOCC3)c2)c2nc(COc3ccc(Cl)cc3)cn2c1=O. The highest BCUT2D eigenvalue weighted by molar-refractivity contribution is 6.30. The Morgan fingerprint density at radius 2 is 1.91 bits per heavy atom. The summed E-state index contributed by atoms with van der Waals surface area (Å²) in [5.41, 5.74) is 2.87. The van der Waals surface area contributed by atoms with Gasteiger partial charge in [0.05, 0.1) is 18.9 Å². The Labute approximate surface area is 189 Å². The van der Waals surface area contributed by atoms with Crippen LogP contribution in [-0.4, -0.2) is 45.2 Å². The minimum Gasteiger partial charge on any atom is -0.487 e. The van der Waals surface area contributed by atoms with Crippen LogP contribution in [0, 0.1) is 0 Å². The normalized spacial score (nSPS) is 14.1. The van der Waals surface area contributed by atoms with Crippen LogP contribution in [0.5, 0.6) is 5.75 Å². The number of fused-ring (bicyclic) bond motifs is 1. The molecule has 0 bridgehead atoms. The first kappa shape index (κ1) is 20.5. The monoisotopic (exact) mass is 451 g/mol. The first-order chi connectivity index (χ1) is 15.6. The second-order valence-corrected chi connectivity index (χ2v) is 8.04. The number of benzene rings is 1. The fraction of sp³-hybridized carbons (Fsp3) is 0.261. The van der Waals surface area contributed by atoms with Crippen molar-refractivity contribution in [3.63, 3.8) is 0 Å². The topological polar surface area (TPSA) is 73.9 Å². The highest BCUT2D eigenvalue weighted by Crippen LogP contribution is 2.26. The molecule has 0 radical (unpaired) electrons. The van der Waals surface area contributed by atoms with Crippen LogP contribution in [0.1, 0.15) is 5.69 Å². The molecule has 8 nitrogen and oxygen atoms in total. The van der Waals surface area contributed by atoms with Crippen molar-refractivity contribution in [2.24, 2.45) is 7.05 Å². The van der Waals surface area contributed by atoms with Crippen molar-refractivity contribution in [2.45, 2.75) is 6.61 Å². The lowest BCUT2D eigenvalue weighted by Gasteiger charge is -2.28. The molecule has 9 heteroatoms. The summed E-state index contributed by atoms with van der Waals surface area (Å²) in [6.07, 6.45) is 5.32. The average Bonchev–Trinajstić information content (AvgIpc) is 3.26. The number of pyridine rings is 1. The van der Waals surface area contributed by atoms with Gasteiger partial charge < -0.3 is 18.9 Å². The number of hydrogen-bond acceptors (Lipinski definition) is 6. The molecule has 0 aliphatic carbocycles. The van der Waals surface area contributed by atoms with Crippen LogP contribution in [0.15, 0.2) is 59.8 Å². The fourth-order valence-corrected chi connectivity index (χ4v) is 3.88. The fourth-order valence-electron chi connectivity index (χ4n) is 3.75. The lowest BCUT2D eigenvalue weighted by Crippen LogP contribution is -2.36. The summed E-state index contributed by atoms with van der Waals surface area (Å²) in [7, 11) is 1.74. The second kappa shape index (κ2) is 8.64. The maximum Gasteiger partial charge on any atom is 0.333 e. The molecule has 0 N–H and O–H groups in total. The Hall–Kier alpha value is -3.36. The third-order valence-corrected chi connectivity index (χ3v) is 5.67. The standard InChI is InChI=1S/C23H22ClN5O3/c1-27-14-20(16-6-7-25-21(12-16)28-8-10-31-11-9-28)22-26-18(13-29(22)23(27)30)15-32-19-4-2-17(24)3-5-19/h2-7,12-14H,8-11,15H2,1H3. The summed E-state index contributed by atoms with van der Waals surface area (Å²) in [5.74, 6) is 1.57. The number of ether oxygens (including phenoxy) is 2. The molecule has 5 rings (SSSR count). The van der Waals surface area contributed by atoms with E-state index < -0.39 is 0 Å². The number of rotatable bonds is 5. The number of aromatic nitrogens is 4. The molecular formula is C23H22ClN5O3. The zero-order valence-corrected chi connectivity index (χ0v) is 18.3. The summed E-state index contributed by atoms with van der Waals surface area (Å²) >= 11 is 5.93. The van der Waals surface area contributed by atoms with Crippen molar-refractivity contribution in [2.75, 3.05) is 31.2 Å². The first-order valence-corrected chi connectivity index (χ1v) is 10.7. The number of imidazole rings is 1. The van der Waals surface area contributed by atoms with Crippen LogP contribution in [0.2, 0.25) is 5.02 Å². The van der Waals surface area contributed by atoms with Gasteiger partial charge >= 0.3 is 5.69 Å². The molecule has 4 heterocycles. The summed E-state index contributed by atoms with van der Waals surface area (Å²) < 4.78 is 14.4. The van der Waals surface area contributed by atoms with Gasteiger partial charge in [-0.15, -0.1) is 0 Å². The van der Waals surface area contributed by atoms with Crippen molar-refractivity contribution in [3.8, 4) is 16.9 Å². The lowest BCUT2D eigenvalue weighted by atomic mass is 10.1. The molecule has 164 valence electrons. The molecule has 1 aliphatic heterocycles. The van der Waals surface area contributed by atoms with E-state index in [1.807, 2.05) is 18.3 Å². The number of hydrogen-bond donors (Lipinski definition) is 0. The average molecular weight is 452 g/mol. The highest BCUT2D eigenvalue weighted by atomic mass is 35.5. The van der Waals surface area contributed by atoms with Crippen LogP contribution in [0.4, 0.5) is 5.82 Å². The van der Waals surface area contributed by atoms with Gasteiger partial charge in [0.1, 0.15) is 18.2 Å². The van der Waals surface area contributed by atoms with E-state index in [1.54, 1.807) is 52.7 Å². The van der Waals surface area contributed by atoms with Gasteiger partial charge in [0.15, 0.2) is 5.65 Å². The summed E-state index contributed by atoms with van der Waals surface area (Å²) in [4.78, 5) is 24.2. The van der Waals surface area contributed by atoms with E-state index in [9.17, 15) is 4.79 Å². The maximum absolute atomic E-state index is 12.7. The molecule has 1 fully saturated rings. The predicted molar refractivity (Wildman–Crippen MR) is 122 cm³/mol. The van der Waals surface area contributed by atoms with E-state index in [-0.39, 0.29) is 12.3 Å². The van der Waals surface area contributed by atoms with Gasteiger partial charge in [0.2, 0.25) is 0 Å². The van der Waals surface area contributed by atoms with E-state index in [1.165, 1.54) is 0 Å². The Kier molecular flexibility index (Phi) is 5.55. The van der Waals surface area contributed by atoms with Crippen molar-refractivity contribution >= 4 is 23.1 Å². The van der Waals surface area contributed by atoms with Gasteiger partial charge in [-0.2, -0.15) is 0 Å². The minimum absolute atomic E-state index is 0.170. The first-order valence-electron chi connectivity index (χ1n) is 10.3. The predicted octanol–water partition coefficient (Wildman–Crippen LogP) is 3.16. The molecule has 0 spiro atoms. The van der Waals surface area contributed by atoms with Gasteiger partial charge in [-0.25, -0.2) is 14.8 Å². The molecule has 0 unspecified atom stereocenters. The molecule has 1 aromatic carbocycles. The molecule has 0 atom stereocenters. The maximum atomic E-state index is 12.7. The van der Waals surface area contributed by atoms with E-state index >= 15 is 0 Å². The van der Waals surface area contributed by atoms with Gasteiger partial charge in [-0.3, -0.25) is 4.40 Å². The smallest absolute Gasteiger partial charge is 0.333 e. The summed E-state index contributed by atoms with van der Waals surface area (Å²) in [6.45, 7) is 3.21. The van der Waals surface area contributed by atoms with Gasteiger partial charge in [-0.1, -0.05) is 11.6 Å². The van der Waals surface area contributed by atoms with Gasteiger partial charge in [-0.05, 0) is 42.0 Å². The van der Waals surface area contributed by atoms with Crippen LogP contribution in [-0.2, 0) is 18.4 Å². The van der Waals surface area contributed by atoms with E-state index in [2.05, 4.69) is 9.88 Å². The van der Waals surface area contributed by atoms with Crippen LogP contribution < -0.4 is 15.3 Å². The van der Waals surface area contributed by atoms with Gasteiger partial charge in [0.25, 0.3) is 0 Å². The molecule has 0 saturated carbocycles. The Morgan fingerprint density at radius 1 is 1.12 bits per heavy atom. The Morgan fingerprint density at radius 3 is 2.69 bits per heavy atom. The van der Waals surface area contributed by atoms with Crippen molar-refractivity contribution in [1.82, 2.24) is 18.9 Å². The number of anilines is 1. The lowest BCUT2D eigenvalue weighted by molar-refractivity contribution is 0.122.